The number of carboxylic acids is 1. The van der Waals surface area contributed by atoms with Gasteiger partial charge in [-0.15, -0.1) is 0 Å². The zero-order chi connectivity index (χ0) is 36.3. The van der Waals surface area contributed by atoms with Crippen LogP contribution in [-0.4, -0.2) is 76.2 Å². The van der Waals surface area contributed by atoms with Gasteiger partial charge in [-0.25, -0.2) is 9.78 Å². The molecule has 3 aliphatic rings. The van der Waals surface area contributed by atoms with Crippen molar-refractivity contribution in [2.75, 3.05) is 13.7 Å². The van der Waals surface area contributed by atoms with E-state index < -0.39 is 47.2 Å². The molecule has 2 N–H and O–H groups in total. The van der Waals surface area contributed by atoms with Crippen molar-refractivity contribution in [1.82, 2.24) is 15.2 Å². The monoisotopic (exact) mass is 697 g/mol. The second-order valence-electron chi connectivity index (χ2n) is 14.9. The number of allylic oxidation sites excluding steroid dienone is 2. The molecule has 2 aliphatic heterocycles. The first-order valence-corrected chi connectivity index (χ1v) is 17.8. The second kappa shape index (κ2) is 14.7. The van der Waals surface area contributed by atoms with Crippen molar-refractivity contribution in [3.8, 4) is 22.8 Å². The number of aliphatic carboxylic acids is 1. The number of ether oxygens (including phenoxy) is 3. The molecule has 2 amide bonds. The van der Waals surface area contributed by atoms with E-state index in [1.165, 1.54) is 4.90 Å². The molecule has 11 heteroatoms. The van der Waals surface area contributed by atoms with E-state index in [-0.39, 0.29) is 31.1 Å². The molecule has 5 atom stereocenters. The number of pyridine rings is 1. The van der Waals surface area contributed by atoms with Crippen molar-refractivity contribution in [2.45, 2.75) is 95.9 Å². The van der Waals surface area contributed by atoms with Gasteiger partial charge in [0.2, 0.25) is 5.91 Å². The van der Waals surface area contributed by atoms with Gasteiger partial charge in [0, 0.05) is 35.9 Å². The van der Waals surface area contributed by atoms with Gasteiger partial charge in [0.25, 0.3) is 0 Å². The van der Waals surface area contributed by atoms with Crippen LogP contribution < -0.4 is 14.8 Å². The Morgan fingerprint density at radius 3 is 2.55 bits per heavy atom. The molecule has 1 aromatic heterocycles. The molecule has 0 radical (unpaired) electrons. The summed E-state index contributed by atoms with van der Waals surface area (Å²) in [7, 11) is 1.59. The fraction of sp³-hybridized carbons (Fsp3) is 0.475. The molecule has 0 bridgehead atoms. The molecule has 1 saturated heterocycles. The van der Waals surface area contributed by atoms with E-state index in [1.807, 2.05) is 66.7 Å². The minimum Gasteiger partial charge on any atom is -0.497 e. The van der Waals surface area contributed by atoms with Crippen molar-refractivity contribution in [3.63, 3.8) is 0 Å². The summed E-state index contributed by atoms with van der Waals surface area (Å²) in [5.41, 5.74) is 0.264. The Kier molecular flexibility index (Phi) is 10.4. The van der Waals surface area contributed by atoms with Crippen LogP contribution in [0.25, 0.3) is 22.2 Å². The SMILES string of the molecule is COc1ccc2c(O[C@@H]3C[C@@H]4C(=O)CC5(C(=O)O)CC5/C=C\CCCCC[C@H](NC(=O)OC(C)(C)C)C(=O)N4C3)cc(-c3ccccc3)nc2c1. The number of carboxylic acid groups (broad SMARTS) is 1. The Morgan fingerprint density at radius 2 is 1.82 bits per heavy atom. The summed E-state index contributed by atoms with van der Waals surface area (Å²) >= 11 is 0. The summed E-state index contributed by atoms with van der Waals surface area (Å²) < 4.78 is 17.7. The molecule has 2 aromatic carbocycles. The summed E-state index contributed by atoms with van der Waals surface area (Å²) in [6, 6.07) is 15.2. The number of nitrogens with one attached hydrogen (secondary N) is 1. The van der Waals surface area contributed by atoms with Gasteiger partial charge in [0.05, 0.1) is 36.3 Å². The third kappa shape index (κ3) is 8.18. The van der Waals surface area contributed by atoms with E-state index in [1.54, 1.807) is 27.9 Å². The van der Waals surface area contributed by atoms with Crippen LogP contribution in [-0.2, 0) is 19.1 Å². The molecule has 3 heterocycles. The average molecular weight is 698 g/mol. The summed E-state index contributed by atoms with van der Waals surface area (Å²) in [4.78, 5) is 60.5. The van der Waals surface area contributed by atoms with E-state index in [9.17, 15) is 24.3 Å². The average Bonchev–Trinajstić information content (AvgIpc) is 3.63. The molecule has 51 heavy (non-hydrogen) atoms. The number of benzene rings is 2. The normalized spacial score (nSPS) is 26.2. The smallest absolute Gasteiger partial charge is 0.408 e. The van der Waals surface area contributed by atoms with Crippen LogP contribution in [0.4, 0.5) is 4.79 Å². The summed E-state index contributed by atoms with van der Waals surface area (Å²) in [5.74, 6) is -0.808. The Labute approximate surface area is 298 Å². The molecule has 2 fully saturated rings. The quantitative estimate of drug-likeness (QED) is 0.268. The highest BCUT2D eigenvalue weighted by Gasteiger charge is 2.61. The van der Waals surface area contributed by atoms with Gasteiger partial charge in [-0.2, -0.15) is 0 Å². The predicted molar refractivity (Wildman–Crippen MR) is 191 cm³/mol. The fourth-order valence-electron chi connectivity index (χ4n) is 7.26. The highest BCUT2D eigenvalue weighted by molar-refractivity contribution is 5.96. The Bertz CT molecular complexity index is 1820. The molecule has 3 aromatic rings. The van der Waals surface area contributed by atoms with Gasteiger partial charge in [0.15, 0.2) is 5.78 Å². The first-order valence-electron chi connectivity index (χ1n) is 17.8. The van der Waals surface area contributed by atoms with Gasteiger partial charge in [-0.3, -0.25) is 14.4 Å². The third-order valence-corrected chi connectivity index (χ3v) is 10.0. The van der Waals surface area contributed by atoms with Gasteiger partial charge < -0.3 is 29.5 Å². The molecule has 0 spiro atoms. The zero-order valence-electron chi connectivity index (χ0n) is 29.7. The van der Waals surface area contributed by atoms with Crippen LogP contribution in [0, 0.1) is 11.3 Å². The largest absolute Gasteiger partial charge is 0.497 e. The number of hydrogen-bond acceptors (Lipinski definition) is 8. The lowest BCUT2D eigenvalue weighted by Crippen LogP contribution is -2.52. The minimum absolute atomic E-state index is 0.0752. The number of nitrogens with zero attached hydrogens (tertiary/aromatic N) is 2. The Hall–Kier alpha value is -4.93. The van der Waals surface area contributed by atoms with Crippen LogP contribution in [0.3, 0.4) is 0 Å². The molecular formula is C40H47N3O8. The van der Waals surface area contributed by atoms with Gasteiger partial charge >= 0.3 is 12.1 Å². The van der Waals surface area contributed by atoms with Crippen LogP contribution >= 0.6 is 0 Å². The summed E-state index contributed by atoms with van der Waals surface area (Å²) in [6.07, 6.45) is 6.45. The number of alkyl carbamates (subject to hydrolysis) is 1. The maximum Gasteiger partial charge on any atom is 0.408 e. The molecule has 1 saturated carbocycles. The number of ketones is 1. The van der Waals surface area contributed by atoms with Gasteiger partial charge in [-0.1, -0.05) is 55.3 Å². The van der Waals surface area contributed by atoms with Crippen LogP contribution in [0.2, 0.25) is 0 Å². The van der Waals surface area contributed by atoms with Crippen molar-refractivity contribution in [3.05, 3.63) is 66.7 Å². The van der Waals surface area contributed by atoms with E-state index in [0.717, 1.165) is 30.2 Å². The third-order valence-electron chi connectivity index (χ3n) is 10.0. The van der Waals surface area contributed by atoms with Crippen LogP contribution in [0.1, 0.15) is 72.1 Å². The number of hydrogen-bond donors (Lipinski definition) is 2. The molecule has 270 valence electrons. The summed E-state index contributed by atoms with van der Waals surface area (Å²) in [5, 5.41) is 13.8. The predicted octanol–water partition coefficient (Wildman–Crippen LogP) is 6.72. The van der Waals surface area contributed by atoms with Gasteiger partial charge in [-0.05, 0) is 64.5 Å². The number of aromatic nitrogens is 1. The molecule has 1 aliphatic carbocycles. The first kappa shape index (κ1) is 35.9. The van der Waals surface area contributed by atoms with E-state index in [2.05, 4.69) is 5.32 Å². The Balaban J connectivity index is 1.34. The molecule has 11 nitrogen and oxygen atoms in total. The molecule has 2 unspecified atom stereocenters. The summed E-state index contributed by atoms with van der Waals surface area (Å²) in [6.45, 7) is 5.33. The van der Waals surface area contributed by atoms with Crippen LogP contribution in [0.15, 0.2) is 66.7 Å². The number of amides is 2. The number of carbonyl (C=O) groups is 4. The fourth-order valence-corrected chi connectivity index (χ4v) is 7.26. The van der Waals surface area contributed by atoms with Crippen molar-refractivity contribution < 1.29 is 38.5 Å². The highest BCUT2D eigenvalue weighted by Crippen LogP contribution is 2.57. The second-order valence-corrected chi connectivity index (χ2v) is 14.9. The van der Waals surface area contributed by atoms with E-state index >= 15 is 0 Å². The maximum absolute atomic E-state index is 14.4. The topological polar surface area (TPSA) is 144 Å². The number of rotatable bonds is 6. The molecule has 6 rings (SSSR count). The minimum atomic E-state index is -1.19. The highest BCUT2D eigenvalue weighted by atomic mass is 16.6. The number of methoxy groups -OCH3 is 1. The Morgan fingerprint density at radius 1 is 1.04 bits per heavy atom. The van der Waals surface area contributed by atoms with Crippen molar-refractivity contribution >= 4 is 34.7 Å². The lowest BCUT2D eigenvalue weighted by atomic mass is 9.92. The number of fused-ring (bicyclic) bond motifs is 3. The standard InChI is InChI=1S/C40H47N3O8/c1-39(2,3)51-38(48)42-30-16-12-7-5-6-11-15-26-22-40(26,37(46)47)23-34(44)33-20-28(24-43(33)36(30)45)50-35-21-31(25-13-9-8-10-14-25)41-32-19-27(49-4)17-18-29(32)35/h8-11,13-15,17-19,21,26,28,30,33H,5-7,12,16,20,22-24H2,1-4H3,(H,42,48)(H,46,47)/b15-11-/t26?,28-,30+,33-,40?/m1/s1. The number of carbonyl (C=O) groups excluding carboxylic acids is 3. The van der Waals surface area contributed by atoms with Gasteiger partial charge in [0.1, 0.15) is 29.2 Å². The van der Waals surface area contributed by atoms with Crippen molar-refractivity contribution in [1.29, 1.82) is 0 Å². The first-order chi connectivity index (χ1) is 24.4. The van der Waals surface area contributed by atoms with Crippen LogP contribution in [0.5, 0.6) is 11.5 Å². The van der Waals surface area contributed by atoms with Crippen molar-refractivity contribution in [2.24, 2.45) is 11.3 Å². The van der Waals surface area contributed by atoms with E-state index in [0.29, 0.717) is 42.0 Å². The molecular weight excluding hydrogens is 650 g/mol. The van der Waals surface area contributed by atoms with E-state index in [4.69, 9.17) is 19.2 Å². The number of Topliss-reactive ketones (excluding diaryl/α,β-unsaturated/α-hetero) is 1. The maximum atomic E-state index is 14.4. The lowest BCUT2D eigenvalue weighted by molar-refractivity contribution is -0.147. The zero-order valence-corrected chi connectivity index (χ0v) is 29.7. The lowest BCUT2D eigenvalue weighted by Gasteiger charge is -2.30.